The molecule has 0 fully saturated rings. The van der Waals surface area contributed by atoms with Crippen LogP contribution in [0.3, 0.4) is 0 Å². The van der Waals surface area contributed by atoms with Gasteiger partial charge in [-0.1, -0.05) is 18.2 Å². The van der Waals surface area contributed by atoms with Gasteiger partial charge in [-0.25, -0.2) is 9.37 Å². The molecule has 3 rings (SSSR count). The number of fused-ring (bicyclic) bond motifs is 1. The van der Waals surface area contributed by atoms with Gasteiger partial charge in [-0.15, -0.1) is 0 Å². The first kappa shape index (κ1) is 13.1. The zero-order valence-corrected chi connectivity index (χ0v) is 11.4. The molecular weight excluding hydrogens is 265 g/mol. The van der Waals surface area contributed by atoms with Gasteiger partial charge in [0.05, 0.1) is 5.52 Å². The fourth-order valence-electron chi connectivity index (χ4n) is 2.30. The number of nitriles is 1. The number of para-hydroxylation sites is 1. The van der Waals surface area contributed by atoms with E-state index in [4.69, 9.17) is 5.73 Å². The van der Waals surface area contributed by atoms with E-state index in [2.05, 4.69) is 4.98 Å². The van der Waals surface area contributed by atoms with E-state index in [1.54, 1.807) is 19.1 Å². The van der Waals surface area contributed by atoms with Crippen LogP contribution in [0.2, 0.25) is 0 Å². The molecule has 4 heteroatoms. The Morgan fingerprint density at radius 2 is 1.90 bits per heavy atom. The lowest BCUT2D eigenvalue weighted by Gasteiger charge is -2.10. The van der Waals surface area contributed by atoms with Crippen LogP contribution in [0.5, 0.6) is 0 Å². The summed E-state index contributed by atoms with van der Waals surface area (Å²) in [7, 11) is 0. The highest BCUT2D eigenvalue weighted by molar-refractivity contribution is 5.86. The van der Waals surface area contributed by atoms with Crippen LogP contribution in [0.4, 0.5) is 10.1 Å². The molecule has 3 nitrogen and oxygen atoms in total. The maximum Gasteiger partial charge on any atom is 0.149 e. The summed E-state index contributed by atoms with van der Waals surface area (Å²) in [6, 6.07) is 14.1. The van der Waals surface area contributed by atoms with Gasteiger partial charge >= 0.3 is 0 Å². The molecule has 0 bridgehead atoms. The molecule has 0 saturated carbocycles. The molecule has 0 amide bonds. The van der Waals surface area contributed by atoms with Gasteiger partial charge in [0.2, 0.25) is 0 Å². The smallest absolute Gasteiger partial charge is 0.149 e. The van der Waals surface area contributed by atoms with Crippen LogP contribution in [0.15, 0.2) is 42.5 Å². The molecule has 21 heavy (non-hydrogen) atoms. The highest BCUT2D eigenvalue weighted by Crippen LogP contribution is 2.31. The summed E-state index contributed by atoms with van der Waals surface area (Å²) >= 11 is 0. The Balaban J connectivity index is 2.34. The number of pyridine rings is 1. The molecule has 102 valence electrons. The quantitative estimate of drug-likeness (QED) is 0.688. The molecule has 0 radical (unpaired) electrons. The molecule has 0 saturated heterocycles. The van der Waals surface area contributed by atoms with Crippen molar-refractivity contribution in [3.05, 3.63) is 59.5 Å². The molecule has 2 aromatic carbocycles. The summed E-state index contributed by atoms with van der Waals surface area (Å²) in [6.07, 6.45) is 0. The highest BCUT2D eigenvalue weighted by Gasteiger charge is 2.14. The van der Waals surface area contributed by atoms with Crippen LogP contribution in [-0.4, -0.2) is 4.98 Å². The second-order valence-electron chi connectivity index (χ2n) is 4.88. The van der Waals surface area contributed by atoms with E-state index >= 15 is 0 Å². The number of aromatic nitrogens is 1. The summed E-state index contributed by atoms with van der Waals surface area (Å²) in [5.41, 5.74) is 8.68. The van der Waals surface area contributed by atoms with Crippen molar-refractivity contribution in [3.63, 3.8) is 0 Å². The molecule has 2 N–H and O–H groups in total. The van der Waals surface area contributed by atoms with Gasteiger partial charge in [0.25, 0.3) is 0 Å². The lowest BCUT2D eigenvalue weighted by Crippen LogP contribution is -1.97. The third-order valence-electron chi connectivity index (χ3n) is 3.48. The average Bonchev–Trinajstić information content (AvgIpc) is 2.49. The summed E-state index contributed by atoms with van der Waals surface area (Å²) in [5.74, 6) is -0.407. The van der Waals surface area contributed by atoms with Crippen molar-refractivity contribution in [1.29, 1.82) is 5.26 Å². The van der Waals surface area contributed by atoms with Crippen molar-refractivity contribution in [3.8, 4) is 17.2 Å². The number of halogens is 1. The fraction of sp³-hybridized carbons (Fsp3) is 0.0588. The van der Waals surface area contributed by atoms with E-state index in [1.165, 1.54) is 6.07 Å². The molecular formula is C17H12FN3. The topological polar surface area (TPSA) is 62.7 Å². The second-order valence-corrected chi connectivity index (χ2v) is 4.88. The van der Waals surface area contributed by atoms with E-state index in [0.29, 0.717) is 27.9 Å². The molecule has 0 atom stereocenters. The monoisotopic (exact) mass is 277 g/mol. The standard InChI is InChI=1S/C17H12FN3/c1-10-6-14(18)12(8-15(10)20)13-7-11-4-2-3-5-16(11)21-17(13)9-19/h2-8H,20H2,1H3. The maximum atomic E-state index is 14.2. The number of nitrogen functional groups attached to an aromatic ring is 1. The number of hydrogen-bond donors (Lipinski definition) is 1. The fourth-order valence-corrected chi connectivity index (χ4v) is 2.30. The molecule has 0 unspecified atom stereocenters. The predicted molar refractivity (Wildman–Crippen MR) is 81.0 cm³/mol. The Labute approximate surface area is 121 Å². The average molecular weight is 277 g/mol. The number of aryl methyl sites for hydroxylation is 1. The molecule has 3 aromatic rings. The van der Waals surface area contributed by atoms with E-state index in [9.17, 15) is 9.65 Å². The Bertz CT molecular complexity index is 894. The van der Waals surface area contributed by atoms with Crippen molar-refractivity contribution in [1.82, 2.24) is 4.98 Å². The Morgan fingerprint density at radius 1 is 1.14 bits per heavy atom. The third-order valence-corrected chi connectivity index (χ3v) is 3.48. The SMILES string of the molecule is Cc1cc(F)c(-c2cc3ccccc3nc2C#N)cc1N. The van der Waals surface area contributed by atoms with E-state index in [0.717, 1.165) is 5.39 Å². The van der Waals surface area contributed by atoms with Crippen molar-refractivity contribution >= 4 is 16.6 Å². The van der Waals surface area contributed by atoms with Crippen molar-refractivity contribution in [2.75, 3.05) is 5.73 Å². The summed E-state index contributed by atoms with van der Waals surface area (Å²) in [4.78, 5) is 4.29. The minimum Gasteiger partial charge on any atom is -0.398 e. The normalized spacial score (nSPS) is 10.5. The van der Waals surface area contributed by atoms with Crippen molar-refractivity contribution < 1.29 is 4.39 Å². The first-order valence-electron chi connectivity index (χ1n) is 6.46. The number of nitrogens with zero attached hydrogens (tertiary/aromatic N) is 2. The molecule has 0 aliphatic rings. The highest BCUT2D eigenvalue weighted by atomic mass is 19.1. The van der Waals surface area contributed by atoms with Crippen LogP contribution in [0, 0.1) is 24.1 Å². The number of anilines is 1. The lowest BCUT2D eigenvalue weighted by molar-refractivity contribution is 0.630. The summed E-state index contributed by atoms with van der Waals surface area (Å²) < 4.78 is 14.2. The zero-order chi connectivity index (χ0) is 15.0. The van der Waals surface area contributed by atoms with Crippen molar-refractivity contribution in [2.45, 2.75) is 6.92 Å². The Kier molecular flexibility index (Phi) is 3.03. The number of rotatable bonds is 1. The summed E-state index contributed by atoms with van der Waals surface area (Å²) in [5, 5.41) is 10.1. The molecule has 0 aliphatic heterocycles. The molecule has 1 aromatic heterocycles. The predicted octanol–water partition coefficient (Wildman–Crippen LogP) is 3.80. The van der Waals surface area contributed by atoms with Crippen LogP contribution in [0.1, 0.15) is 11.3 Å². The van der Waals surface area contributed by atoms with Crippen molar-refractivity contribution in [2.24, 2.45) is 0 Å². The minimum atomic E-state index is -0.407. The van der Waals surface area contributed by atoms with E-state index < -0.39 is 5.82 Å². The Hall–Kier alpha value is -2.93. The van der Waals surface area contributed by atoms with E-state index in [-0.39, 0.29) is 5.69 Å². The molecule has 0 spiro atoms. The second kappa shape index (κ2) is 4.88. The zero-order valence-electron chi connectivity index (χ0n) is 11.4. The van der Waals surface area contributed by atoms with Crippen LogP contribution >= 0.6 is 0 Å². The minimum absolute atomic E-state index is 0.191. The van der Waals surface area contributed by atoms with Gasteiger partial charge in [0, 0.05) is 22.2 Å². The summed E-state index contributed by atoms with van der Waals surface area (Å²) in [6.45, 7) is 1.74. The van der Waals surface area contributed by atoms with Gasteiger partial charge in [0.1, 0.15) is 17.6 Å². The Morgan fingerprint density at radius 3 is 2.67 bits per heavy atom. The number of hydrogen-bond acceptors (Lipinski definition) is 3. The lowest BCUT2D eigenvalue weighted by atomic mass is 9.99. The molecule has 1 heterocycles. The largest absolute Gasteiger partial charge is 0.398 e. The maximum absolute atomic E-state index is 14.2. The first-order chi connectivity index (χ1) is 10.1. The van der Waals surface area contributed by atoms with Gasteiger partial charge in [-0.3, -0.25) is 0 Å². The van der Waals surface area contributed by atoms with Crippen LogP contribution < -0.4 is 5.73 Å². The number of nitrogens with two attached hydrogens (primary N) is 1. The van der Waals surface area contributed by atoms with Gasteiger partial charge in [0.15, 0.2) is 0 Å². The van der Waals surface area contributed by atoms with Crippen LogP contribution in [-0.2, 0) is 0 Å². The van der Waals surface area contributed by atoms with Crippen LogP contribution in [0.25, 0.3) is 22.0 Å². The number of benzene rings is 2. The van der Waals surface area contributed by atoms with Gasteiger partial charge in [-0.2, -0.15) is 5.26 Å². The van der Waals surface area contributed by atoms with E-state index in [1.807, 2.05) is 30.3 Å². The van der Waals surface area contributed by atoms with Gasteiger partial charge < -0.3 is 5.73 Å². The third kappa shape index (κ3) is 2.19. The molecule has 0 aliphatic carbocycles. The van der Waals surface area contributed by atoms with Gasteiger partial charge in [-0.05, 0) is 36.8 Å². The first-order valence-corrected chi connectivity index (χ1v) is 6.46.